The quantitative estimate of drug-likeness (QED) is 0.791. The van der Waals surface area contributed by atoms with Gasteiger partial charge in [-0.3, -0.25) is 0 Å². The molecule has 0 radical (unpaired) electrons. The number of hydrogen-bond donors (Lipinski definition) is 1. The van der Waals surface area contributed by atoms with Gasteiger partial charge in [-0.15, -0.1) is 11.8 Å². The molecule has 21 heavy (non-hydrogen) atoms. The lowest BCUT2D eigenvalue weighted by molar-refractivity contribution is 0.125. The van der Waals surface area contributed by atoms with Crippen LogP contribution >= 0.6 is 11.8 Å². The topological polar surface area (TPSA) is 42.4 Å². The zero-order valence-electron chi connectivity index (χ0n) is 12.4. The summed E-state index contributed by atoms with van der Waals surface area (Å²) in [4.78, 5) is 4.22. The van der Waals surface area contributed by atoms with E-state index in [2.05, 4.69) is 24.9 Å². The molecule has 0 fully saturated rings. The lowest BCUT2D eigenvalue weighted by Crippen LogP contribution is -2.20. The van der Waals surface area contributed by atoms with Crippen LogP contribution in [0.25, 0.3) is 0 Å². The Hall–Kier alpha value is -1.52. The van der Waals surface area contributed by atoms with Crippen molar-refractivity contribution in [1.82, 2.24) is 4.98 Å². The highest BCUT2D eigenvalue weighted by Crippen LogP contribution is 2.26. The van der Waals surface area contributed by atoms with Gasteiger partial charge in [-0.1, -0.05) is 38.1 Å². The SMILES string of the molecule is CC(C)c1ccccc1OCC(O)CSc1ccccn1. The van der Waals surface area contributed by atoms with Gasteiger partial charge in [-0.2, -0.15) is 0 Å². The van der Waals surface area contributed by atoms with Crippen LogP contribution in [-0.2, 0) is 0 Å². The normalized spacial score (nSPS) is 12.4. The summed E-state index contributed by atoms with van der Waals surface area (Å²) in [6.45, 7) is 4.56. The molecule has 4 heteroatoms. The molecule has 2 rings (SSSR count). The molecule has 1 heterocycles. The fraction of sp³-hybridized carbons (Fsp3) is 0.353. The van der Waals surface area contributed by atoms with Crippen molar-refractivity contribution in [1.29, 1.82) is 0 Å². The van der Waals surface area contributed by atoms with Crippen molar-refractivity contribution in [3.8, 4) is 5.75 Å². The third kappa shape index (κ3) is 5.06. The summed E-state index contributed by atoms with van der Waals surface area (Å²) >= 11 is 1.53. The number of thioether (sulfide) groups is 1. The number of aliphatic hydroxyl groups is 1. The Bertz CT molecular complexity index is 545. The fourth-order valence-corrected chi connectivity index (χ4v) is 2.71. The molecular formula is C17H21NO2S. The summed E-state index contributed by atoms with van der Waals surface area (Å²) in [5.74, 6) is 1.83. The molecule has 3 nitrogen and oxygen atoms in total. The number of pyridine rings is 1. The van der Waals surface area contributed by atoms with Crippen LogP contribution in [0.3, 0.4) is 0 Å². The van der Waals surface area contributed by atoms with Gasteiger partial charge in [-0.25, -0.2) is 4.98 Å². The molecule has 0 spiro atoms. The maximum absolute atomic E-state index is 10.0. The van der Waals surface area contributed by atoms with Gasteiger partial charge in [0.2, 0.25) is 0 Å². The summed E-state index contributed by atoms with van der Waals surface area (Å²) in [5.41, 5.74) is 1.17. The average Bonchev–Trinajstić information content (AvgIpc) is 2.52. The van der Waals surface area contributed by atoms with Crippen LogP contribution in [0.5, 0.6) is 5.75 Å². The second kappa shape index (κ2) is 8.05. The molecular weight excluding hydrogens is 282 g/mol. The monoisotopic (exact) mass is 303 g/mol. The first kappa shape index (κ1) is 15.9. The van der Waals surface area contributed by atoms with Crippen molar-refractivity contribution in [2.24, 2.45) is 0 Å². The molecule has 0 saturated heterocycles. The Balaban J connectivity index is 1.83. The van der Waals surface area contributed by atoms with E-state index in [9.17, 15) is 5.11 Å². The van der Waals surface area contributed by atoms with Crippen LogP contribution in [0, 0.1) is 0 Å². The number of para-hydroxylation sites is 1. The second-order valence-electron chi connectivity index (χ2n) is 5.14. The van der Waals surface area contributed by atoms with Gasteiger partial charge in [0.25, 0.3) is 0 Å². The van der Waals surface area contributed by atoms with E-state index in [1.807, 2.05) is 36.4 Å². The third-order valence-corrected chi connectivity index (χ3v) is 4.12. The van der Waals surface area contributed by atoms with Crippen molar-refractivity contribution in [2.45, 2.75) is 30.9 Å². The Morgan fingerprint density at radius 1 is 1.14 bits per heavy atom. The van der Waals surface area contributed by atoms with E-state index >= 15 is 0 Å². The molecule has 0 bridgehead atoms. The van der Waals surface area contributed by atoms with Gasteiger partial charge in [0, 0.05) is 11.9 Å². The van der Waals surface area contributed by atoms with E-state index in [-0.39, 0.29) is 0 Å². The van der Waals surface area contributed by atoms with E-state index < -0.39 is 6.10 Å². The summed E-state index contributed by atoms with van der Waals surface area (Å²) in [5, 5.41) is 10.9. The predicted octanol–water partition coefficient (Wildman–Crippen LogP) is 3.74. The van der Waals surface area contributed by atoms with Crippen LogP contribution in [-0.4, -0.2) is 28.6 Å². The summed E-state index contributed by atoms with van der Waals surface area (Å²) in [6, 6.07) is 13.7. The Morgan fingerprint density at radius 3 is 2.62 bits per heavy atom. The maximum Gasteiger partial charge on any atom is 0.122 e. The van der Waals surface area contributed by atoms with Gasteiger partial charge in [-0.05, 0) is 29.7 Å². The lowest BCUT2D eigenvalue weighted by atomic mass is 10.0. The molecule has 0 aliphatic heterocycles. The van der Waals surface area contributed by atoms with Gasteiger partial charge in [0.05, 0.1) is 11.1 Å². The summed E-state index contributed by atoms with van der Waals surface area (Å²) < 4.78 is 5.76. The van der Waals surface area contributed by atoms with Crippen LogP contribution in [0.4, 0.5) is 0 Å². The highest BCUT2D eigenvalue weighted by Gasteiger charge is 2.10. The molecule has 1 N–H and O–H groups in total. The van der Waals surface area contributed by atoms with Crippen molar-refractivity contribution >= 4 is 11.8 Å². The van der Waals surface area contributed by atoms with Crippen LogP contribution in [0.15, 0.2) is 53.7 Å². The van der Waals surface area contributed by atoms with E-state index in [4.69, 9.17) is 4.74 Å². The molecule has 1 unspecified atom stereocenters. The highest BCUT2D eigenvalue weighted by atomic mass is 32.2. The first-order valence-electron chi connectivity index (χ1n) is 7.10. The number of aromatic nitrogens is 1. The molecule has 2 aromatic rings. The minimum absolute atomic E-state index is 0.295. The lowest BCUT2D eigenvalue weighted by Gasteiger charge is -2.16. The molecule has 0 aliphatic carbocycles. The van der Waals surface area contributed by atoms with Crippen LogP contribution in [0.1, 0.15) is 25.3 Å². The number of benzene rings is 1. The zero-order valence-corrected chi connectivity index (χ0v) is 13.2. The molecule has 1 atom stereocenters. The molecule has 0 saturated carbocycles. The Labute approximate surface area is 130 Å². The first-order chi connectivity index (χ1) is 10.2. The Morgan fingerprint density at radius 2 is 1.90 bits per heavy atom. The van der Waals surface area contributed by atoms with Crippen LogP contribution in [0.2, 0.25) is 0 Å². The highest BCUT2D eigenvalue weighted by molar-refractivity contribution is 7.99. The number of rotatable bonds is 7. The summed E-state index contributed by atoms with van der Waals surface area (Å²) in [7, 11) is 0. The maximum atomic E-state index is 10.0. The van der Waals surface area contributed by atoms with E-state index in [1.54, 1.807) is 6.20 Å². The molecule has 0 amide bonds. The van der Waals surface area contributed by atoms with Crippen molar-refractivity contribution in [2.75, 3.05) is 12.4 Å². The Kier molecular flexibility index (Phi) is 6.08. The van der Waals surface area contributed by atoms with Gasteiger partial charge in [0.15, 0.2) is 0 Å². The van der Waals surface area contributed by atoms with Crippen LogP contribution < -0.4 is 4.74 Å². The van der Waals surface area contributed by atoms with E-state index in [0.717, 1.165) is 10.8 Å². The van der Waals surface area contributed by atoms with Crippen molar-refractivity contribution in [3.63, 3.8) is 0 Å². The molecule has 112 valence electrons. The zero-order chi connectivity index (χ0) is 15.1. The molecule has 1 aromatic heterocycles. The fourth-order valence-electron chi connectivity index (χ4n) is 1.94. The van der Waals surface area contributed by atoms with Gasteiger partial charge < -0.3 is 9.84 Å². The van der Waals surface area contributed by atoms with Gasteiger partial charge in [0.1, 0.15) is 12.4 Å². The molecule has 1 aromatic carbocycles. The van der Waals surface area contributed by atoms with E-state index in [0.29, 0.717) is 18.3 Å². The molecule has 0 aliphatic rings. The number of nitrogens with zero attached hydrogens (tertiary/aromatic N) is 1. The largest absolute Gasteiger partial charge is 0.491 e. The minimum atomic E-state index is -0.516. The van der Waals surface area contributed by atoms with Crippen molar-refractivity contribution < 1.29 is 9.84 Å². The van der Waals surface area contributed by atoms with Gasteiger partial charge >= 0.3 is 0 Å². The predicted molar refractivity (Wildman–Crippen MR) is 87.0 cm³/mol. The number of ether oxygens (including phenoxy) is 1. The smallest absolute Gasteiger partial charge is 0.122 e. The second-order valence-corrected chi connectivity index (χ2v) is 6.18. The number of hydrogen-bond acceptors (Lipinski definition) is 4. The average molecular weight is 303 g/mol. The minimum Gasteiger partial charge on any atom is -0.491 e. The standard InChI is InChI=1S/C17H21NO2S/c1-13(2)15-7-3-4-8-16(15)20-11-14(19)12-21-17-9-5-6-10-18-17/h3-10,13-14,19H,11-12H2,1-2H3. The number of aliphatic hydroxyl groups excluding tert-OH is 1. The first-order valence-corrected chi connectivity index (χ1v) is 8.09. The van der Waals surface area contributed by atoms with Crippen molar-refractivity contribution in [3.05, 3.63) is 54.2 Å². The van der Waals surface area contributed by atoms with E-state index in [1.165, 1.54) is 17.3 Å². The summed E-state index contributed by atoms with van der Waals surface area (Å²) in [6.07, 6.45) is 1.24. The third-order valence-electron chi connectivity index (χ3n) is 3.03.